The van der Waals surface area contributed by atoms with E-state index in [1.807, 2.05) is 18.7 Å². The molecule has 4 nitrogen and oxygen atoms in total. The van der Waals surface area contributed by atoms with Crippen LogP contribution in [0.15, 0.2) is 0 Å². The van der Waals surface area contributed by atoms with Crippen molar-refractivity contribution in [2.75, 3.05) is 6.54 Å². The van der Waals surface area contributed by atoms with Crippen molar-refractivity contribution in [3.8, 4) is 0 Å². The van der Waals surface area contributed by atoms with Gasteiger partial charge < -0.3 is 10.4 Å². The van der Waals surface area contributed by atoms with Crippen LogP contribution < -0.4 is 5.32 Å². The van der Waals surface area contributed by atoms with Crippen LogP contribution in [0, 0.1) is 12.8 Å². The minimum atomic E-state index is -0.133. The van der Waals surface area contributed by atoms with Crippen LogP contribution in [0.3, 0.4) is 0 Å². The monoisotopic (exact) mass is 257 g/mol. The minimum Gasteiger partial charge on any atom is -0.393 e. The normalized spacial score (nSPS) is 24.5. The number of aliphatic hydroxyl groups is 1. The molecule has 2 atom stereocenters. The Morgan fingerprint density at radius 2 is 2.29 bits per heavy atom. The van der Waals surface area contributed by atoms with Gasteiger partial charge in [-0.05, 0) is 25.7 Å². The zero-order valence-electron chi connectivity index (χ0n) is 10.4. The Morgan fingerprint density at radius 1 is 1.53 bits per heavy atom. The Hall–Kier alpha value is -0.580. The predicted molar refractivity (Wildman–Crippen MR) is 68.0 cm³/mol. The van der Waals surface area contributed by atoms with E-state index in [1.165, 1.54) is 0 Å². The molecule has 1 aliphatic carbocycles. The van der Waals surface area contributed by atoms with Gasteiger partial charge in [-0.15, -0.1) is 0 Å². The van der Waals surface area contributed by atoms with Crippen molar-refractivity contribution in [3.05, 3.63) is 16.4 Å². The molecule has 0 amide bonds. The summed E-state index contributed by atoms with van der Waals surface area (Å²) in [5.74, 6) is 0.392. The van der Waals surface area contributed by atoms with E-state index in [-0.39, 0.29) is 6.10 Å². The molecule has 17 heavy (non-hydrogen) atoms. The Morgan fingerprint density at radius 3 is 2.82 bits per heavy atom. The number of halogens is 1. The third-order valence-electron chi connectivity index (χ3n) is 3.58. The Bertz CT molecular complexity index is 391. The van der Waals surface area contributed by atoms with Crippen molar-refractivity contribution in [2.24, 2.45) is 13.0 Å². The van der Waals surface area contributed by atoms with Crippen LogP contribution in [-0.4, -0.2) is 27.5 Å². The minimum absolute atomic E-state index is 0.133. The molecule has 1 aliphatic rings. The SMILES string of the molecule is Cc1nn(C)c(CNCC2CCCC2O)c1Cl. The van der Waals surface area contributed by atoms with Gasteiger partial charge in [0.25, 0.3) is 0 Å². The lowest BCUT2D eigenvalue weighted by Gasteiger charge is -2.15. The molecule has 1 saturated carbocycles. The van der Waals surface area contributed by atoms with E-state index in [1.54, 1.807) is 0 Å². The van der Waals surface area contributed by atoms with Crippen molar-refractivity contribution < 1.29 is 5.11 Å². The zero-order chi connectivity index (χ0) is 12.4. The smallest absolute Gasteiger partial charge is 0.0860 e. The molecule has 0 aliphatic heterocycles. The standard InChI is InChI=1S/C12H20ClN3O/c1-8-12(13)10(16(2)15-8)7-14-6-9-4-3-5-11(9)17/h9,11,14,17H,3-7H2,1-2H3. The number of hydrogen-bond acceptors (Lipinski definition) is 3. The first-order valence-electron chi connectivity index (χ1n) is 6.16. The first kappa shape index (κ1) is 12.9. The quantitative estimate of drug-likeness (QED) is 0.862. The van der Waals surface area contributed by atoms with Gasteiger partial charge in [0.2, 0.25) is 0 Å². The molecule has 2 rings (SSSR count). The lowest BCUT2D eigenvalue weighted by Crippen LogP contribution is -2.28. The zero-order valence-corrected chi connectivity index (χ0v) is 11.2. The van der Waals surface area contributed by atoms with E-state index in [2.05, 4.69) is 10.4 Å². The average molecular weight is 258 g/mol. The van der Waals surface area contributed by atoms with E-state index in [0.717, 1.165) is 42.2 Å². The molecule has 2 N–H and O–H groups in total. The second-order valence-corrected chi connectivity index (χ2v) is 5.24. The van der Waals surface area contributed by atoms with Crippen molar-refractivity contribution in [1.82, 2.24) is 15.1 Å². The molecule has 5 heteroatoms. The highest BCUT2D eigenvalue weighted by atomic mass is 35.5. The number of aliphatic hydroxyl groups excluding tert-OH is 1. The maximum atomic E-state index is 9.72. The number of aromatic nitrogens is 2. The van der Waals surface area contributed by atoms with Crippen molar-refractivity contribution >= 4 is 11.6 Å². The van der Waals surface area contributed by atoms with Crippen LogP contribution in [0.2, 0.25) is 5.02 Å². The summed E-state index contributed by atoms with van der Waals surface area (Å²) in [6.45, 7) is 3.47. The van der Waals surface area contributed by atoms with Gasteiger partial charge in [-0.3, -0.25) is 4.68 Å². The molecule has 96 valence electrons. The molecule has 0 aromatic carbocycles. The highest BCUT2D eigenvalue weighted by Gasteiger charge is 2.24. The molecule has 0 spiro atoms. The summed E-state index contributed by atoms with van der Waals surface area (Å²) in [6.07, 6.45) is 3.06. The number of nitrogens with zero attached hydrogens (tertiary/aromatic N) is 2. The first-order chi connectivity index (χ1) is 8.09. The molecule has 2 unspecified atom stereocenters. The van der Waals surface area contributed by atoms with Crippen molar-refractivity contribution in [3.63, 3.8) is 0 Å². The lowest BCUT2D eigenvalue weighted by atomic mass is 10.1. The summed E-state index contributed by atoms with van der Waals surface area (Å²) in [5.41, 5.74) is 1.88. The van der Waals surface area contributed by atoms with E-state index >= 15 is 0 Å². The summed E-state index contributed by atoms with van der Waals surface area (Å²) >= 11 is 6.17. The molecular formula is C12H20ClN3O. The third kappa shape index (κ3) is 2.81. The van der Waals surface area contributed by atoms with Crippen LogP contribution in [0.4, 0.5) is 0 Å². The average Bonchev–Trinajstić information content (AvgIpc) is 2.78. The first-order valence-corrected chi connectivity index (χ1v) is 6.54. The summed E-state index contributed by atoms with van der Waals surface area (Å²) in [6, 6.07) is 0. The highest BCUT2D eigenvalue weighted by Crippen LogP contribution is 2.25. The number of hydrogen-bond donors (Lipinski definition) is 2. The van der Waals surface area contributed by atoms with Crippen molar-refractivity contribution in [2.45, 2.75) is 38.8 Å². The van der Waals surface area contributed by atoms with Gasteiger partial charge in [-0.25, -0.2) is 0 Å². The van der Waals surface area contributed by atoms with Crippen molar-refractivity contribution in [1.29, 1.82) is 0 Å². The number of aryl methyl sites for hydroxylation is 2. The van der Waals surface area contributed by atoms with Gasteiger partial charge >= 0.3 is 0 Å². The van der Waals surface area contributed by atoms with Gasteiger partial charge in [-0.1, -0.05) is 18.0 Å². The topological polar surface area (TPSA) is 50.1 Å². The van der Waals surface area contributed by atoms with E-state index in [0.29, 0.717) is 12.5 Å². The number of nitrogens with one attached hydrogen (secondary N) is 1. The summed E-state index contributed by atoms with van der Waals surface area (Å²) in [5, 5.41) is 18.1. The van der Waals surface area contributed by atoms with Crippen LogP contribution >= 0.6 is 11.6 Å². The molecule has 1 aromatic heterocycles. The summed E-state index contributed by atoms with van der Waals surface area (Å²) in [4.78, 5) is 0. The molecular weight excluding hydrogens is 238 g/mol. The number of rotatable bonds is 4. The second kappa shape index (κ2) is 5.38. The van der Waals surface area contributed by atoms with Gasteiger partial charge in [0.15, 0.2) is 0 Å². The van der Waals surface area contributed by atoms with Gasteiger partial charge in [0, 0.05) is 20.1 Å². The molecule has 1 fully saturated rings. The molecule has 1 heterocycles. The van der Waals surface area contributed by atoms with Gasteiger partial charge in [0.1, 0.15) is 0 Å². The van der Waals surface area contributed by atoms with E-state index in [9.17, 15) is 5.11 Å². The molecule has 0 bridgehead atoms. The van der Waals surface area contributed by atoms with Crippen LogP contribution in [0.1, 0.15) is 30.7 Å². The fraction of sp³-hybridized carbons (Fsp3) is 0.750. The van der Waals surface area contributed by atoms with Crippen LogP contribution in [-0.2, 0) is 13.6 Å². The summed E-state index contributed by atoms with van der Waals surface area (Å²) < 4.78 is 1.82. The second-order valence-electron chi connectivity index (χ2n) is 4.86. The highest BCUT2D eigenvalue weighted by molar-refractivity contribution is 6.31. The Balaban J connectivity index is 1.85. The molecule has 0 saturated heterocycles. The predicted octanol–water partition coefficient (Wildman–Crippen LogP) is 1.63. The van der Waals surface area contributed by atoms with Gasteiger partial charge in [0.05, 0.1) is 22.5 Å². The maximum Gasteiger partial charge on any atom is 0.0860 e. The van der Waals surface area contributed by atoms with Crippen LogP contribution in [0.25, 0.3) is 0 Å². The van der Waals surface area contributed by atoms with E-state index in [4.69, 9.17) is 11.6 Å². The fourth-order valence-electron chi connectivity index (χ4n) is 2.50. The third-order valence-corrected chi connectivity index (χ3v) is 4.07. The summed E-state index contributed by atoms with van der Waals surface area (Å²) in [7, 11) is 1.90. The molecule has 1 aromatic rings. The molecule has 0 radical (unpaired) electrons. The van der Waals surface area contributed by atoms with Gasteiger partial charge in [-0.2, -0.15) is 5.10 Å². The lowest BCUT2D eigenvalue weighted by molar-refractivity contribution is 0.131. The fourth-order valence-corrected chi connectivity index (χ4v) is 2.73. The van der Waals surface area contributed by atoms with E-state index < -0.39 is 0 Å². The largest absolute Gasteiger partial charge is 0.393 e. The Labute approximate surface area is 107 Å². The Kier molecular flexibility index (Phi) is 4.07. The maximum absolute atomic E-state index is 9.72. The van der Waals surface area contributed by atoms with Crippen LogP contribution in [0.5, 0.6) is 0 Å².